The van der Waals surface area contributed by atoms with E-state index in [1.54, 1.807) is 0 Å². The van der Waals surface area contributed by atoms with Gasteiger partial charge in [-0.15, -0.1) is 0 Å². The molecule has 0 nitrogen and oxygen atoms in total. The van der Waals surface area contributed by atoms with Gasteiger partial charge in [0.15, 0.2) is 0 Å². The van der Waals surface area contributed by atoms with Gasteiger partial charge in [-0.05, 0) is 108 Å². The van der Waals surface area contributed by atoms with Crippen molar-refractivity contribution >= 4 is 16.7 Å². The lowest BCUT2D eigenvalue weighted by atomic mass is 9.92. The van der Waals surface area contributed by atoms with Crippen molar-refractivity contribution in [3.05, 3.63) is 229 Å². The zero-order valence-corrected chi connectivity index (χ0v) is 28.9. The summed E-state index contributed by atoms with van der Waals surface area (Å²) >= 11 is 0. The van der Waals surface area contributed by atoms with Gasteiger partial charge in [-0.25, -0.2) is 0 Å². The predicted octanol–water partition coefficient (Wildman–Crippen LogP) is 12.4. The highest BCUT2D eigenvalue weighted by Gasteiger charge is 2.41. The fraction of sp³-hybridized carbons (Fsp3) is 0.125. The van der Waals surface area contributed by atoms with Gasteiger partial charge in [-0.2, -0.15) is 0 Å². The fourth-order valence-electron chi connectivity index (χ4n) is 7.11. The first-order valence-corrected chi connectivity index (χ1v) is 16.9. The molecule has 0 N–H and O–H groups in total. The van der Waals surface area contributed by atoms with Crippen molar-refractivity contribution in [2.45, 2.75) is 41.5 Å². The molecular formula is C48H42. The molecule has 1 fully saturated rings. The topological polar surface area (TPSA) is 0 Å². The second kappa shape index (κ2) is 13.0. The summed E-state index contributed by atoms with van der Waals surface area (Å²) in [4.78, 5) is 0. The highest BCUT2D eigenvalue weighted by Crippen LogP contribution is 2.59. The largest absolute Gasteiger partial charge is 0.0614 e. The summed E-state index contributed by atoms with van der Waals surface area (Å²) in [6, 6.07) is 54.1. The molecule has 7 rings (SSSR count). The van der Waals surface area contributed by atoms with Gasteiger partial charge >= 0.3 is 0 Å². The van der Waals surface area contributed by atoms with E-state index in [0.29, 0.717) is 0 Å². The van der Waals surface area contributed by atoms with E-state index in [1.165, 1.54) is 100 Å². The first kappa shape index (κ1) is 31.2. The molecule has 0 amide bonds. The molecule has 6 aromatic rings. The number of hydrogen-bond acceptors (Lipinski definition) is 0. The molecule has 1 saturated carbocycles. The zero-order valence-electron chi connectivity index (χ0n) is 28.9. The second-order valence-corrected chi connectivity index (χ2v) is 13.5. The molecule has 0 spiro atoms. The third kappa shape index (κ3) is 6.27. The number of allylic oxidation sites excluding steroid dienone is 3. The number of benzene rings is 6. The molecule has 0 heterocycles. The van der Waals surface area contributed by atoms with Gasteiger partial charge in [0, 0.05) is 0 Å². The van der Waals surface area contributed by atoms with Crippen molar-refractivity contribution in [1.82, 2.24) is 0 Å². The van der Waals surface area contributed by atoms with E-state index in [4.69, 9.17) is 0 Å². The van der Waals surface area contributed by atoms with Crippen molar-refractivity contribution in [1.29, 1.82) is 0 Å². The molecule has 0 heteroatoms. The summed E-state index contributed by atoms with van der Waals surface area (Å²) in [6.07, 6.45) is 0. The zero-order chi connectivity index (χ0) is 33.4. The third-order valence-corrected chi connectivity index (χ3v) is 9.28. The summed E-state index contributed by atoms with van der Waals surface area (Å²) in [5, 5.41) is 0. The monoisotopic (exact) mass is 618 g/mol. The van der Waals surface area contributed by atoms with Crippen LogP contribution in [0.4, 0.5) is 0 Å². The molecule has 0 atom stereocenters. The fourth-order valence-corrected chi connectivity index (χ4v) is 7.11. The first-order valence-electron chi connectivity index (χ1n) is 16.9. The molecule has 0 radical (unpaired) electrons. The van der Waals surface area contributed by atoms with Gasteiger partial charge in [0.2, 0.25) is 0 Å². The first-order chi connectivity index (χ1) is 23.3. The normalized spacial score (nSPS) is 12.2. The lowest BCUT2D eigenvalue weighted by molar-refractivity contribution is 1.41. The Bertz CT molecular complexity index is 1870. The Morgan fingerprint density at radius 3 is 0.562 bits per heavy atom. The van der Waals surface area contributed by atoms with Crippen LogP contribution in [0.25, 0.3) is 16.7 Å². The van der Waals surface area contributed by atoms with Crippen LogP contribution in [-0.2, 0) is 0 Å². The van der Waals surface area contributed by atoms with Crippen LogP contribution in [0.3, 0.4) is 0 Å². The van der Waals surface area contributed by atoms with Crippen LogP contribution >= 0.6 is 0 Å². The average Bonchev–Trinajstić information content (AvgIpc) is 3.74. The van der Waals surface area contributed by atoms with Crippen molar-refractivity contribution in [3.63, 3.8) is 0 Å². The van der Waals surface area contributed by atoms with Gasteiger partial charge in [0.1, 0.15) is 0 Å². The lowest BCUT2D eigenvalue weighted by Gasteiger charge is -2.12. The third-order valence-electron chi connectivity index (χ3n) is 9.28. The van der Waals surface area contributed by atoms with Crippen molar-refractivity contribution in [3.8, 4) is 0 Å². The van der Waals surface area contributed by atoms with Gasteiger partial charge in [-0.3, -0.25) is 0 Å². The predicted molar refractivity (Wildman–Crippen MR) is 205 cm³/mol. The minimum absolute atomic E-state index is 1.24. The molecule has 1 aliphatic carbocycles. The summed E-state index contributed by atoms with van der Waals surface area (Å²) in [7, 11) is 0. The maximum Gasteiger partial charge on any atom is -0.0000933 e. The van der Waals surface area contributed by atoms with E-state index in [1.807, 2.05) is 0 Å². The Kier molecular flexibility index (Phi) is 8.42. The SMILES string of the molecule is Cc1cccc(C(=C2C(=C(c3cccc(C)c3)c3cccc(C)c3)C2=C(c2cccc(C)c2)c2cccc(C)c2)c2cccc(C)c2)c1. The van der Waals surface area contributed by atoms with Crippen molar-refractivity contribution in [2.24, 2.45) is 0 Å². The van der Waals surface area contributed by atoms with Crippen LogP contribution in [0.1, 0.15) is 66.8 Å². The number of rotatable bonds is 6. The molecular weight excluding hydrogens is 577 g/mol. The van der Waals surface area contributed by atoms with Crippen LogP contribution in [-0.4, -0.2) is 0 Å². The van der Waals surface area contributed by atoms with E-state index >= 15 is 0 Å². The summed E-state index contributed by atoms with van der Waals surface area (Å²) in [5.41, 5.74) is 22.8. The molecule has 234 valence electrons. The second-order valence-electron chi connectivity index (χ2n) is 13.5. The van der Waals surface area contributed by atoms with E-state index in [-0.39, 0.29) is 0 Å². The number of hydrogen-bond donors (Lipinski definition) is 0. The van der Waals surface area contributed by atoms with Crippen molar-refractivity contribution in [2.75, 3.05) is 0 Å². The van der Waals surface area contributed by atoms with Crippen LogP contribution in [0.5, 0.6) is 0 Å². The standard InChI is InChI=1S/C48H42/c1-31-13-7-19-37(25-31)43(38-20-8-14-32(2)26-38)46-47(44(39-21-9-15-33(3)27-39)40-22-10-16-34(4)28-40)48(46)45(41-23-11-17-35(5)29-41)42-24-12-18-36(6)30-42/h7-30H,1-6H3. The number of aryl methyl sites for hydroxylation is 6. The van der Waals surface area contributed by atoms with Gasteiger partial charge in [0.05, 0.1) is 0 Å². The molecule has 0 aromatic heterocycles. The smallest absolute Gasteiger partial charge is 0.0000933 e. The Hall–Kier alpha value is -5.46. The minimum atomic E-state index is 1.24. The molecule has 48 heavy (non-hydrogen) atoms. The highest BCUT2D eigenvalue weighted by atomic mass is 14.4. The summed E-state index contributed by atoms with van der Waals surface area (Å²) in [6.45, 7) is 13.2. The molecule has 1 aliphatic rings. The van der Waals surface area contributed by atoms with Crippen molar-refractivity contribution < 1.29 is 0 Å². The summed E-state index contributed by atoms with van der Waals surface area (Å²) < 4.78 is 0. The maximum atomic E-state index is 2.34. The lowest BCUT2D eigenvalue weighted by Crippen LogP contribution is -1.92. The Morgan fingerprint density at radius 1 is 0.250 bits per heavy atom. The van der Waals surface area contributed by atoms with E-state index < -0.39 is 0 Å². The Balaban J connectivity index is 1.73. The summed E-state index contributed by atoms with van der Waals surface area (Å²) in [5.74, 6) is 0. The van der Waals surface area contributed by atoms with Gasteiger partial charge in [-0.1, -0.05) is 179 Å². The van der Waals surface area contributed by atoms with Crippen LogP contribution in [0.15, 0.2) is 162 Å². The maximum absolute atomic E-state index is 2.34. The van der Waals surface area contributed by atoms with Gasteiger partial charge < -0.3 is 0 Å². The Labute approximate surface area is 286 Å². The van der Waals surface area contributed by atoms with Crippen LogP contribution < -0.4 is 0 Å². The molecule has 0 saturated heterocycles. The minimum Gasteiger partial charge on any atom is -0.0614 e. The van der Waals surface area contributed by atoms with Crippen LogP contribution in [0.2, 0.25) is 0 Å². The molecule has 0 bridgehead atoms. The molecule has 0 aliphatic heterocycles. The Morgan fingerprint density at radius 2 is 0.417 bits per heavy atom. The van der Waals surface area contributed by atoms with E-state index in [0.717, 1.165) is 0 Å². The molecule has 6 aromatic carbocycles. The molecule has 0 unspecified atom stereocenters. The van der Waals surface area contributed by atoms with Gasteiger partial charge in [0.25, 0.3) is 0 Å². The quantitative estimate of drug-likeness (QED) is 0.174. The highest BCUT2D eigenvalue weighted by molar-refractivity contribution is 6.13. The van der Waals surface area contributed by atoms with E-state index in [9.17, 15) is 0 Å². The van der Waals surface area contributed by atoms with Crippen LogP contribution in [0, 0.1) is 41.5 Å². The average molecular weight is 619 g/mol. The van der Waals surface area contributed by atoms with E-state index in [2.05, 4.69) is 187 Å².